The Bertz CT molecular complexity index is 881. The van der Waals surface area contributed by atoms with E-state index in [1.54, 1.807) is 6.08 Å². The van der Waals surface area contributed by atoms with Crippen LogP contribution in [0.2, 0.25) is 0 Å². The molecule has 0 spiro atoms. The van der Waals surface area contributed by atoms with Gasteiger partial charge >= 0.3 is 5.97 Å². The first-order valence-electron chi connectivity index (χ1n) is 11.5. The fraction of sp³-hybridized carbons (Fsp3) is 0.276. The monoisotopic (exact) mass is 446 g/mol. The molecular formula is C29H34O4. The number of benzene rings is 3. The van der Waals surface area contributed by atoms with Crippen molar-refractivity contribution in [2.24, 2.45) is 0 Å². The highest BCUT2D eigenvalue weighted by molar-refractivity contribution is 5.85. The summed E-state index contributed by atoms with van der Waals surface area (Å²) in [6.45, 7) is 0.991. The number of carboxylic acid groups (broad SMARTS) is 1. The quantitative estimate of drug-likeness (QED) is 0.236. The standard InChI is InChI=1S/C17H24O4.C12H10/c18-13-5-3-1-2-4-6-14-21-16-10-7-15(8-11-16)9-12-17(19)20;1-3-7-11(8-4-1)12-9-5-2-6-10-12/h7-12,18H,1-6,13-14H2,(H,19,20);1-10H/b12-9+;. The Labute approximate surface area is 197 Å². The van der Waals surface area contributed by atoms with Crippen LogP contribution in [0.4, 0.5) is 0 Å². The lowest BCUT2D eigenvalue weighted by Crippen LogP contribution is -1.97. The van der Waals surface area contributed by atoms with Crippen molar-refractivity contribution in [3.63, 3.8) is 0 Å². The molecule has 3 aromatic rings. The van der Waals surface area contributed by atoms with Gasteiger partial charge in [0, 0.05) is 12.7 Å². The number of ether oxygens (including phenoxy) is 1. The maximum Gasteiger partial charge on any atom is 0.328 e. The van der Waals surface area contributed by atoms with Gasteiger partial charge in [0.25, 0.3) is 0 Å². The zero-order chi connectivity index (χ0) is 23.6. The second-order valence-corrected chi connectivity index (χ2v) is 7.67. The SMILES string of the molecule is O=C(O)/C=C/c1ccc(OCCCCCCCCO)cc1.c1ccc(-c2ccccc2)cc1. The van der Waals surface area contributed by atoms with Gasteiger partial charge in [0.2, 0.25) is 0 Å². The molecule has 4 heteroatoms. The molecule has 0 fully saturated rings. The summed E-state index contributed by atoms with van der Waals surface area (Å²) in [5, 5.41) is 17.2. The summed E-state index contributed by atoms with van der Waals surface area (Å²) >= 11 is 0. The Morgan fingerprint density at radius 1 is 0.697 bits per heavy atom. The second kappa shape index (κ2) is 16.3. The predicted molar refractivity (Wildman–Crippen MR) is 135 cm³/mol. The van der Waals surface area contributed by atoms with E-state index in [2.05, 4.69) is 48.5 Å². The van der Waals surface area contributed by atoms with E-state index in [9.17, 15) is 4.79 Å². The molecule has 0 aromatic heterocycles. The first kappa shape index (κ1) is 25.9. The molecule has 0 atom stereocenters. The molecule has 0 heterocycles. The first-order valence-corrected chi connectivity index (χ1v) is 11.5. The topological polar surface area (TPSA) is 66.8 Å². The van der Waals surface area contributed by atoms with E-state index in [1.165, 1.54) is 24.0 Å². The van der Waals surface area contributed by atoms with Crippen LogP contribution in [-0.4, -0.2) is 29.4 Å². The van der Waals surface area contributed by atoms with Crippen molar-refractivity contribution in [1.29, 1.82) is 0 Å². The average Bonchev–Trinajstić information content (AvgIpc) is 2.86. The van der Waals surface area contributed by atoms with Crippen LogP contribution in [0.1, 0.15) is 44.1 Å². The van der Waals surface area contributed by atoms with Gasteiger partial charge in [0.05, 0.1) is 6.61 Å². The maximum absolute atomic E-state index is 10.4. The van der Waals surface area contributed by atoms with E-state index in [0.717, 1.165) is 43.1 Å². The van der Waals surface area contributed by atoms with Crippen molar-refractivity contribution in [2.75, 3.05) is 13.2 Å². The number of hydrogen-bond acceptors (Lipinski definition) is 3. The van der Waals surface area contributed by atoms with Crippen molar-refractivity contribution in [2.45, 2.75) is 38.5 Å². The molecule has 0 aliphatic heterocycles. The summed E-state index contributed by atoms with van der Waals surface area (Å²) in [4.78, 5) is 10.4. The van der Waals surface area contributed by atoms with Crippen LogP contribution >= 0.6 is 0 Å². The molecule has 4 nitrogen and oxygen atoms in total. The number of aliphatic hydroxyl groups is 1. The number of rotatable bonds is 12. The molecule has 3 rings (SSSR count). The summed E-state index contributed by atoms with van der Waals surface area (Å²) in [5.74, 6) is -0.142. The third-order valence-corrected chi connectivity index (χ3v) is 5.00. The van der Waals surface area contributed by atoms with E-state index in [-0.39, 0.29) is 0 Å². The minimum absolute atomic E-state index is 0.292. The molecule has 3 aromatic carbocycles. The van der Waals surface area contributed by atoms with Gasteiger partial charge in [0.1, 0.15) is 5.75 Å². The van der Waals surface area contributed by atoms with Crippen LogP contribution in [0.3, 0.4) is 0 Å². The first-order chi connectivity index (χ1) is 16.2. The average molecular weight is 447 g/mol. The van der Waals surface area contributed by atoms with E-state index in [4.69, 9.17) is 14.9 Å². The highest BCUT2D eigenvalue weighted by Gasteiger charge is 1.96. The van der Waals surface area contributed by atoms with Crippen molar-refractivity contribution >= 4 is 12.0 Å². The largest absolute Gasteiger partial charge is 0.494 e. The number of aliphatic carboxylic acids is 1. The van der Waals surface area contributed by atoms with Crippen LogP contribution in [0.5, 0.6) is 5.75 Å². The third kappa shape index (κ3) is 11.7. The predicted octanol–water partition coefficient (Wildman–Crippen LogP) is 6.85. The van der Waals surface area contributed by atoms with Gasteiger partial charge in [-0.3, -0.25) is 0 Å². The summed E-state index contributed by atoms with van der Waals surface area (Å²) in [7, 11) is 0. The molecule has 0 amide bonds. The smallest absolute Gasteiger partial charge is 0.328 e. The van der Waals surface area contributed by atoms with Gasteiger partial charge in [-0.05, 0) is 47.7 Å². The molecule has 33 heavy (non-hydrogen) atoms. The van der Waals surface area contributed by atoms with Crippen LogP contribution in [0.15, 0.2) is 91.0 Å². The zero-order valence-electron chi connectivity index (χ0n) is 19.1. The zero-order valence-corrected chi connectivity index (χ0v) is 19.1. The van der Waals surface area contributed by atoms with Crippen LogP contribution in [0.25, 0.3) is 17.2 Å². The number of unbranched alkanes of at least 4 members (excludes halogenated alkanes) is 5. The molecule has 174 valence electrons. The second-order valence-electron chi connectivity index (χ2n) is 7.67. The van der Waals surface area contributed by atoms with Gasteiger partial charge in [-0.1, -0.05) is 98.5 Å². The molecular weight excluding hydrogens is 412 g/mol. The van der Waals surface area contributed by atoms with Crippen LogP contribution in [0, 0.1) is 0 Å². The number of hydrogen-bond donors (Lipinski definition) is 2. The Balaban J connectivity index is 0.000000268. The van der Waals surface area contributed by atoms with Crippen LogP contribution in [-0.2, 0) is 4.79 Å². The molecule has 2 N–H and O–H groups in total. The maximum atomic E-state index is 10.4. The molecule has 0 bridgehead atoms. The Morgan fingerprint density at radius 2 is 1.21 bits per heavy atom. The lowest BCUT2D eigenvalue weighted by molar-refractivity contribution is -0.131. The van der Waals surface area contributed by atoms with Crippen molar-refractivity contribution in [3.8, 4) is 16.9 Å². The lowest BCUT2D eigenvalue weighted by atomic mass is 10.1. The van der Waals surface area contributed by atoms with Gasteiger partial charge in [-0.15, -0.1) is 0 Å². The Kier molecular flexibility index (Phi) is 12.8. The lowest BCUT2D eigenvalue weighted by Gasteiger charge is -2.06. The molecule has 0 saturated carbocycles. The van der Waals surface area contributed by atoms with Gasteiger partial charge in [0.15, 0.2) is 0 Å². The Morgan fingerprint density at radius 3 is 1.73 bits per heavy atom. The van der Waals surface area contributed by atoms with Crippen molar-refractivity contribution in [1.82, 2.24) is 0 Å². The fourth-order valence-electron chi connectivity index (χ4n) is 3.21. The van der Waals surface area contributed by atoms with Gasteiger partial charge in [-0.25, -0.2) is 4.79 Å². The molecule has 0 aliphatic rings. The number of aliphatic hydroxyl groups excluding tert-OH is 1. The van der Waals surface area contributed by atoms with Crippen LogP contribution < -0.4 is 4.74 Å². The summed E-state index contributed by atoms with van der Waals surface area (Å²) < 4.78 is 5.63. The van der Waals surface area contributed by atoms with E-state index in [0.29, 0.717) is 13.2 Å². The normalized spacial score (nSPS) is 10.5. The fourth-order valence-corrected chi connectivity index (χ4v) is 3.21. The van der Waals surface area contributed by atoms with E-state index in [1.807, 2.05) is 36.4 Å². The van der Waals surface area contributed by atoms with Gasteiger partial charge in [-0.2, -0.15) is 0 Å². The summed E-state index contributed by atoms with van der Waals surface area (Å²) in [5.41, 5.74) is 3.39. The number of carbonyl (C=O) groups is 1. The summed E-state index contributed by atoms with van der Waals surface area (Å²) in [6, 6.07) is 28.2. The minimum Gasteiger partial charge on any atom is -0.494 e. The molecule has 0 radical (unpaired) electrons. The molecule has 0 saturated heterocycles. The molecule has 0 aliphatic carbocycles. The highest BCUT2D eigenvalue weighted by Crippen LogP contribution is 2.17. The third-order valence-electron chi connectivity index (χ3n) is 5.00. The van der Waals surface area contributed by atoms with Crippen molar-refractivity contribution in [3.05, 3.63) is 96.6 Å². The highest BCUT2D eigenvalue weighted by atomic mass is 16.5. The minimum atomic E-state index is -0.950. The Hall–Kier alpha value is -3.37. The summed E-state index contributed by atoms with van der Waals surface area (Å²) in [6.07, 6.45) is 9.20. The van der Waals surface area contributed by atoms with Gasteiger partial charge < -0.3 is 14.9 Å². The number of carboxylic acids is 1. The molecule has 0 unspecified atom stereocenters. The van der Waals surface area contributed by atoms with Crippen molar-refractivity contribution < 1.29 is 19.7 Å². The van der Waals surface area contributed by atoms with E-state index >= 15 is 0 Å². The van der Waals surface area contributed by atoms with E-state index < -0.39 is 5.97 Å².